The maximum atomic E-state index is 11.3. The summed E-state index contributed by atoms with van der Waals surface area (Å²) in [6.07, 6.45) is 6.55. The van der Waals surface area contributed by atoms with Crippen LogP contribution in [0.5, 0.6) is 0 Å². The van der Waals surface area contributed by atoms with Crippen LogP contribution in [-0.4, -0.2) is 37.5 Å². The van der Waals surface area contributed by atoms with Gasteiger partial charge in [0.2, 0.25) is 5.91 Å². The van der Waals surface area contributed by atoms with Crippen molar-refractivity contribution in [3.05, 3.63) is 0 Å². The second kappa shape index (κ2) is 9.64. The molecule has 0 spiro atoms. The Labute approximate surface area is 101 Å². The molecule has 0 rings (SSSR count). The lowest BCUT2D eigenvalue weighted by Crippen LogP contribution is -2.30. The summed E-state index contributed by atoms with van der Waals surface area (Å²) < 4.78 is 0. The van der Waals surface area contributed by atoms with Crippen LogP contribution in [0.4, 0.5) is 0 Å². The van der Waals surface area contributed by atoms with Gasteiger partial charge in [0.25, 0.3) is 0 Å². The summed E-state index contributed by atoms with van der Waals surface area (Å²) in [5, 5.41) is 3.55. The summed E-state index contributed by atoms with van der Waals surface area (Å²) in [6.45, 7) is 5.41. The highest BCUT2D eigenvalue weighted by Crippen LogP contribution is 2.04. The summed E-state index contributed by atoms with van der Waals surface area (Å²) in [4.78, 5) is 13.0. The third-order valence-electron chi connectivity index (χ3n) is 2.77. The van der Waals surface area contributed by atoms with Crippen LogP contribution in [0.1, 0.15) is 52.4 Å². The fraction of sp³-hybridized carbons (Fsp3) is 0.923. The van der Waals surface area contributed by atoms with Gasteiger partial charge in [-0.1, -0.05) is 26.7 Å². The third kappa shape index (κ3) is 7.69. The van der Waals surface area contributed by atoms with Gasteiger partial charge in [-0.15, -0.1) is 0 Å². The molecule has 1 amide bonds. The van der Waals surface area contributed by atoms with Crippen molar-refractivity contribution in [3.8, 4) is 0 Å². The molecule has 96 valence electrons. The molecule has 0 saturated carbocycles. The number of carbonyl (C=O) groups is 1. The second-order valence-corrected chi connectivity index (χ2v) is 4.62. The number of nitrogens with zero attached hydrogens (tertiary/aromatic N) is 1. The molecule has 0 aliphatic rings. The first-order valence-corrected chi connectivity index (χ1v) is 6.55. The molecule has 0 radical (unpaired) electrons. The summed E-state index contributed by atoms with van der Waals surface area (Å²) in [6, 6.07) is 0.643. The van der Waals surface area contributed by atoms with Gasteiger partial charge in [-0.05, 0) is 25.8 Å². The fourth-order valence-electron chi connectivity index (χ4n) is 1.81. The first kappa shape index (κ1) is 15.4. The standard InChI is InChI=1S/C13H28N2O/c1-5-8-12(9-6-2)14-11-7-10-13(16)15(3)4/h12,14H,5-11H2,1-4H3. The highest BCUT2D eigenvalue weighted by molar-refractivity contribution is 5.75. The van der Waals surface area contributed by atoms with Crippen molar-refractivity contribution in [3.63, 3.8) is 0 Å². The first-order valence-electron chi connectivity index (χ1n) is 6.55. The zero-order valence-electron chi connectivity index (χ0n) is 11.4. The lowest BCUT2D eigenvalue weighted by Gasteiger charge is -2.17. The van der Waals surface area contributed by atoms with Crippen molar-refractivity contribution in [2.45, 2.75) is 58.4 Å². The van der Waals surface area contributed by atoms with Crippen molar-refractivity contribution in [2.75, 3.05) is 20.6 Å². The molecule has 0 atom stereocenters. The monoisotopic (exact) mass is 228 g/mol. The Bertz CT molecular complexity index is 175. The molecular formula is C13H28N2O. The maximum Gasteiger partial charge on any atom is 0.222 e. The Kier molecular flexibility index (Phi) is 9.30. The zero-order valence-corrected chi connectivity index (χ0v) is 11.4. The Morgan fingerprint density at radius 2 is 1.75 bits per heavy atom. The molecule has 1 N–H and O–H groups in total. The predicted molar refractivity (Wildman–Crippen MR) is 69.5 cm³/mol. The van der Waals surface area contributed by atoms with Crippen LogP contribution in [0, 0.1) is 0 Å². The topological polar surface area (TPSA) is 32.3 Å². The van der Waals surface area contributed by atoms with E-state index in [9.17, 15) is 4.79 Å². The van der Waals surface area contributed by atoms with Crippen molar-refractivity contribution in [1.29, 1.82) is 0 Å². The summed E-state index contributed by atoms with van der Waals surface area (Å²) in [5.41, 5.74) is 0. The number of carbonyl (C=O) groups excluding carboxylic acids is 1. The van der Waals surface area contributed by atoms with Crippen LogP contribution in [-0.2, 0) is 4.79 Å². The second-order valence-electron chi connectivity index (χ2n) is 4.62. The van der Waals surface area contributed by atoms with E-state index in [0.29, 0.717) is 12.5 Å². The van der Waals surface area contributed by atoms with E-state index in [-0.39, 0.29) is 5.91 Å². The number of amides is 1. The van der Waals surface area contributed by atoms with Gasteiger partial charge >= 0.3 is 0 Å². The van der Waals surface area contributed by atoms with Gasteiger partial charge in [-0.25, -0.2) is 0 Å². The van der Waals surface area contributed by atoms with E-state index < -0.39 is 0 Å². The Morgan fingerprint density at radius 3 is 2.19 bits per heavy atom. The molecule has 0 aromatic rings. The van der Waals surface area contributed by atoms with E-state index in [4.69, 9.17) is 0 Å². The van der Waals surface area contributed by atoms with Crippen molar-refractivity contribution in [2.24, 2.45) is 0 Å². The van der Waals surface area contributed by atoms with Crippen LogP contribution < -0.4 is 5.32 Å². The van der Waals surface area contributed by atoms with Crippen molar-refractivity contribution in [1.82, 2.24) is 10.2 Å². The molecule has 0 aliphatic carbocycles. The molecule has 0 bridgehead atoms. The van der Waals surface area contributed by atoms with Gasteiger partial charge in [-0.2, -0.15) is 0 Å². The number of rotatable bonds is 9. The number of hydrogen-bond acceptors (Lipinski definition) is 2. The van der Waals surface area contributed by atoms with E-state index in [1.54, 1.807) is 4.90 Å². The normalized spacial score (nSPS) is 10.8. The molecule has 0 aliphatic heterocycles. The fourth-order valence-corrected chi connectivity index (χ4v) is 1.81. The van der Waals surface area contributed by atoms with Gasteiger partial charge < -0.3 is 10.2 Å². The van der Waals surface area contributed by atoms with E-state index in [0.717, 1.165) is 13.0 Å². The van der Waals surface area contributed by atoms with Crippen molar-refractivity contribution >= 4 is 5.91 Å². The Hall–Kier alpha value is -0.570. The average Bonchev–Trinajstić information content (AvgIpc) is 2.24. The van der Waals surface area contributed by atoms with Gasteiger partial charge in [0.05, 0.1) is 0 Å². The minimum atomic E-state index is 0.226. The van der Waals surface area contributed by atoms with E-state index >= 15 is 0 Å². The maximum absolute atomic E-state index is 11.3. The minimum Gasteiger partial charge on any atom is -0.349 e. The first-order chi connectivity index (χ1) is 7.61. The SMILES string of the molecule is CCCC(CCC)NCCCC(=O)N(C)C. The predicted octanol–water partition coefficient (Wildman–Crippen LogP) is 2.41. The molecule has 3 nitrogen and oxygen atoms in total. The van der Waals surface area contributed by atoms with Gasteiger partial charge in [0.15, 0.2) is 0 Å². The molecular weight excluding hydrogens is 200 g/mol. The molecule has 0 heterocycles. The minimum absolute atomic E-state index is 0.226. The number of hydrogen-bond donors (Lipinski definition) is 1. The van der Waals surface area contributed by atoms with E-state index in [1.165, 1.54) is 25.7 Å². The summed E-state index contributed by atoms with van der Waals surface area (Å²) >= 11 is 0. The van der Waals surface area contributed by atoms with Gasteiger partial charge in [0, 0.05) is 26.6 Å². The molecule has 3 heteroatoms. The smallest absolute Gasteiger partial charge is 0.222 e. The summed E-state index contributed by atoms with van der Waals surface area (Å²) in [7, 11) is 3.62. The van der Waals surface area contributed by atoms with Crippen LogP contribution in [0.15, 0.2) is 0 Å². The molecule has 16 heavy (non-hydrogen) atoms. The Morgan fingerprint density at radius 1 is 1.19 bits per heavy atom. The van der Waals surface area contributed by atoms with Crippen LogP contribution in [0.25, 0.3) is 0 Å². The largest absolute Gasteiger partial charge is 0.349 e. The van der Waals surface area contributed by atoms with Crippen molar-refractivity contribution < 1.29 is 4.79 Å². The molecule has 0 aromatic carbocycles. The zero-order chi connectivity index (χ0) is 12.4. The lowest BCUT2D eigenvalue weighted by molar-refractivity contribution is -0.128. The third-order valence-corrected chi connectivity index (χ3v) is 2.77. The number of nitrogens with one attached hydrogen (secondary N) is 1. The molecule has 0 saturated heterocycles. The summed E-state index contributed by atoms with van der Waals surface area (Å²) in [5.74, 6) is 0.226. The van der Waals surface area contributed by atoms with Crippen LogP contribution >= 0.6 is 0 Å². The van der Waals surface area contributed by atoms with Gasteiger partial charge in [-0.3, -0.25) is 4.79 Å². The average molecular weight is 228 g/mol. The molecule has 0 aromatic heterocycles. The van der Waals surface area contributed by atoms with Gasteiger partial charge in [0.1, 0.15) is 0 Å². The van der Waals surface area contributed by atoms with Crippen LogP contribution in [0.3, 0.4) is 0 Å². The quantitative estimate of drug-likeness (QED) is 0.615. The molecule has 0 fully saturated rings. The van der Waals surface area contributed by atoms with E-state index in [1.807, 2.05) is 14.1 Å². The molecule has 0 unspecified atom stereocenters. The Balaban J connectivity index is 3.57. The highest BCUT2D eigenvalue weighted by atomic mass is 16.2. The van der Waals surface area contributed by atoms with E-state index in [2.05, 4.69) is 19.2 Å². The lowest BCUT2D eigenvalue weighted by atomic mass is 10.1. The highest BCUT2D eigenvalue weighted by Gasteiger charge is 2.06. The van der Waals surface area contributed by atoms with Crippen LogP contribution in [0.2, 0.25) is 0 Å².